The summed E-state index contributed by atoms with van der Waals surface area (Å²) in [4.78, 5) is 39.6. The quantitative estimate of drug-likeness (QED) is 0.249. The van der Waals surface area contributed by atoms with E-state index in [1.807, 2.05) is 18.2 Å². The lowest BCUT2D eigenvalue weighted by molar-refractivity contribution is -0.143. The third-order valence-corrected chi connectivity index (χ3v) is 7.18. The maximum Gasteiger partial charge on any atom is 0.323 e. The zero-order chi connectivity index (χ0) is 28.2. The molecule has 1 aliphatic rings. The zero-order valence-electron chi connectivity index (χ0n) is 21.0. The Morgan fingerprint density at radius 3 is 2.58 bits per heavy atom. The molecule has 0 fully saturated rings. The Labute approximate surface area is 242 Å². The molecule has 0 atom stereocenters. The minimum absolute atomic E-state index is 0.220. The summed E-state index contributed by atoms with van der Waals surface area (Å²) >= 11 is 9.65. The van der Waals surface area contributed by atoms with Crippen molar-refractivity contribution < 1.29 is 18.8 Å². The molecule has 2 heterocycles. The first-order valence-corrected chi connectivity index (χ1v) is 13.4. The predicted molar refractivity (Wildman–Crippen MR) is 154 cm³/mol. The van der Waals surface area contributed by atoms with E-state index in [2.05, 4.69) is 37.0 Å². The maximum absolute atomic E-state index is 13.1. The topological polar surface area (TPSA) is 108 Å². The molecule has 0 saturated carbocycles. The Morgan fingerprint density at radius 1 is 1.00 bits per heavy atom. The largest absolute Gasteiger partial charge is 0.330 e. The van der Waals surface area contributed by atoms with E-state index in [1.54, 1.807) is 29.1 Å². The van der Waals surface area contributed by atoms with E-state index in [0.717, 1.165) is 21.2 Å². The second-order valence-corrected chi connectivity index (χ2v) is 10.4. The smallest absolute Gasteiger partial charge is 0.323 e. The molecule has 9 nitrogen and oxygen atoms in total. The van der Waals surface area contributed by atoms with Gasteiger partial charge >= 0.3 is 17.8 Å². The fraction of sp³-hybridized carbons (Fsp3) is 0.143. The van der Waals surface area contributed by atoms with E-state index in [-0.39, 0.29) is 6.54 Å². The van der Waals surface area contributed by atoms with Crippen LogP contribution in [0.4, 0.5) is 26.2 Å². The van der Waals surface area contributed by atoms with Gasteiger partial charge in [-0.05, 0) is 65.6 Å². The lowest BCUT2D eigenvalue weighted by Gasteiger charge is -2.29. The van der Waals surface area contributed by atoms with Crippen molar-refractivity contribution in [1.29, 1.82) is 0 Å². The summed E-state index contributed by atoms with van der Waals surface area (Å²) in [6, 6.07) is 15.9. The number of hydrogen-bond donors (Lipinski definition) is 3. The number of amides is 4. The highest BCUT2D eigenvalue weighted by molar-refractivity contribution is 9.10. The van der Waals surface area contributed by atoms with Gasteiger partial charge < -0.3 is 20.9 Å². The highest BCUT2D eigenvalue weighted by atomic mass is 79.9. The average Bonchev–Trinajstić information content (AvgIpc) is 3.37. The first-order valence-electron chi connectivity index (χ1n) is 12.3. The molecule has 0 radical (unpaired) electrons. The van der Waals surface area contributed by atoms with Crippen LogP contribution < -0.4 is 16.0 Å². The average molecular weight is 626 g/mol. The number of anilines is 3. The first kappa shape index (κ1) is 27.4. The zero-order valence-corrected chi connectivity index (χ0v) is 23.3. The van der Waals surface area contributed by atoms with Crippen molar-refractivity contribution in [2.75, 3.05) is 22.5 Å². The van der Waals surface area contributed by atoms with E-state index >= 15 is 0 Å². The van der Waals surface area contributed by atoms with Gasteiger partial charge in [0, 0.05) is 40.2 Å². The van der Waals surface area contributed by atoms with Crippen LogP contribution in [0.3, 0.4) is 0 Å². The first-order chi connectivity index (χ1) is 19.2. The molecule has 40 heavy (non-hydrogen) atoms. The van der Waals surface area contributed by atoms with Crippen LogP contribution in [-0.2, 0) is 29.1 Å². The molecule has 1 aliphatic heterocycles. The molecule has 0 spiro atoms. The van der Waals surface area contributed by atoms with E-state index in [1.165, 1.54) is 35.4 Å². The van der Waals surface area contributed by atoms with Crippen molar-refractivity contribution in [1.82, 2.24) is 14.7 Å². The Balaban J connectivity index is 1.18. The van der Waals surface area contributed by atoms with Gasteiger partial charge in [0.05, 0.1) is 18.4 Å². The van der Waals surface area contributed by atoms with Crippen molar-refractivity contribution in [3.8, 4) is 0 Å². The Morgan fingerprint density at radius 2 is 1.80 bits per heavy atom. The highest BCUT2D eigenvalue weighted by Crippen LogP contribution is 2.27. The number of nitrogens with one attached hydrogen (secondary N) is 3. The Kier molecular flexibility index (Phi) is 8.13. The van der Waals surface area contributed by atoms with Gasteiger partial charge in [-0.25, -0.2) is 9.18 Å². The molecule has 4 aromatic rings. The number of aromatic nitrogens is 2. The van der Waals surface area contributed by atoms with E-state index in [4.69, 9.17) is 11.6 Å². The van der Waals surface area contributed by atoms with Crippen molar-refractivity contribution in [3.63, 3.8) is 0 Å². The molecule has 12 heteroatoms. The molecule has 1 aromatic heterocycles. The Hall–Kier alpha value is -4.22. The summed E-state index contributed by atoms with van der Waals surface area (Å²) in [5.41, 5.74) is 4.01. The molecular weight excluding hydrogens is 603 g/mol. The summed E-state index contributed by atoms with van der Waals surface area (Å²) in [6.07, 6.45) is 3.55. The van der Waals surface area contributed by atoms with Crippen LogP contribution in [0.1, 0.15) is 16.7 Å². The predicted octanol–water partition coefficient (Wildman–Crippen LogP) is 5.65. The van der Waals surface area contributed by atoms with Crippen LogP contribution in [0.25, 0.3) is 0 Å². The fourth-order valence-electron chi connectivity index (χ4n) is 4.38. The number of rotatable bonds is 5. The number of halogens is 3. The SMILES string of the molecule is O=C(Nc1ccc(F)cc1)Nc1cccc2c1CCN(C(=O)C(=O)Nc1cnn(Cc3ccc(Br)cc3Cl)c1)C2. The van der Waals surface area contributed by atoms with Crippen molar-refractivity contribution in [2.45, 2.75) is 19.5 Å². The second kappa shape index (κ2) is 11.9. The lowest BCUT2D eigenvalue weighted by atomic mass is 9.97. The summed E-state index contributed by atoms with van der Waals surface area (Å²) in [7, 11) is 0. The van der Waals surface area contributed by atoms with Crippen LogP contribution in [0.2, 0.25) is 5.02 Å². The van der Waals surface area contributed by atoms with Gasteiger partial charge in [0.2, 0.25) is 0 Å². The number of carbonyl (C=O) groups excluding carboxylic acids is 3. The third-order valence-electron chi connectivity index (χ3n) is 6.34. The van der Waals surface area contributed by atoms with Crippen LogP contribution in [0.5, 0.6) is 0 Å². The summed E-state index contributed by atoms with van der Waals surface area (Å²) in [5, 5.41) is 12.9. The number of urea groups is 1. The Bertz CT molecular complexity index is 1590. The van der Waals surface area contributed by atoms with Gasteiger partial charge in [-0.15, -0.1) is 0 Å². The molecule has 3 aromatic carbocycles. The normalized spacial score (nSPS) is 12.4. The van der Waals surface area contributed by atoms with Gasteiger partial charge in [0.25, 0.3) is 0 Å². The van der Waals surface area contributed by atoms with Crippen molar-refractivity contribution in [3.05, 3.63) is 105 Å². The molecule has 0 saturated heterocycles. The minimum atomic E-state index is -0.766. The van der Waals surface area contributed by atoms with Crippen LogP contribution in [-0.4, -0.2) is 39.1 Å². The minimum Gasteiger partial charge on any atom is -0.330 e. The molecule has 0 aliphatic carbocycles. The van der Waals surface area contributed by atoms with Crippen LogP contribution in [0.15, 0.2) is 77.5 Å². The van der Waals surface area contributed by atoms with Gasteiger partial charge in [-0.1, -0.05) is 45.7 Å². The van der Waals surface area contributed by atoms with Crippen molar-refractivity contribution in [2.24, 2.45) is 0 Å². The number of nitrogens with zero attached hydrogens (tertiary/aromatic N) is 3. The molecule has 5 rings (SSSR count). The molecule has 0 unspecified atom stereocenters. The summed E-state index contributed by atoms with van der Waals surface area (Å²) in [5.74, 6) is -1.83. The maximum atomic E-state index is 13.1. The van der Waals surface area contributed by atoms with Gasteiger partial charge in [-0.3, -0.25) is 14.3 Å². The molecule has 204 valence electrons. The highest BCUT2D eigenvalue weighted by Gasteiger charge is 2.27. The number of benzene rings is 3. The molecule has 4 amide bonds. The van der Waals surface area contributed by atoms with Crippen LogP contribution in [0, 0.1) is 5.82 Å². The standard InChI is InChI=1S/C28H23BrClFN6O3/c29-19-5-4-18(24(30)12-19)15-37-16-22(13-32-37)33-26(38)27(39)36-11-10-23-17(14-36)2-1-3-25(23)35-28(40)34-21-8-6-20(31)7-9-21/h1-9,12-13,16H,10-11,14-15H2,(H,33,38)(H2,34,35,40). The number of carbonyl (C=O) groups is 3. The van der Waals surface area contributed by atoms with Crippen LogP contribution >= 0.6 is 27.5 Å². The monoisotopic (exact) mass is 624 g/mol. The van der Waals surface area contributed by atoms with Crippen molar-refractivity contribution >= 4 is 62.4 Å². The molecule has 3 N–H and O–H groups in total. The van der Waals surface area contributed by atoms with E-state index < -0.39 is 23.7 Å². The fourth-order valence-corrected chi connectivity index (χ4v) is 5.12. The number of fused-ring (bicyclic) bond motifs is 1. The lowest BCUT2D eigenvalue weighted by Crippen LogP contribution is -2.42. The third kappa shape index (κ3) is 6.49. The molecular formula is C28H23BrClFN6O3. The van der Waals surface area contributed by atoms with Gasteiger partial charge in [-0.2, -0.15) is 5.10 Å². The molecule has 0 bridgehead atoms. The van der Waals surface area contributed by atoms with E-state index in [9.17, 15) is 18.8 Å². The van der Waals surface area contributed by atoms with Gasteiger partial charge in [0.1, 0.15) is 5.82 Å². The van der Waals surface area contributed by atoms with E-state index in [0.29, 0.717) is 41.6 Å². The summed E-state index contributed by atoms with van der Waals surface area (Å²) in [6.45, 7) is 0.925. The number of hydrogen-bond acceptors (Lipinski definition) is 4. The summed E-state index contributed by atoms with van der Waals surface area (Å²) < 4.78 is 15.6. The second-order valence-electron chi connectivity index (χ2n) is 9.12. The van der Waals surface area contributed by atoms with Gasteiger partial charge in [0.15, 0.2) is 0 Å².